The maximum Gasteiger partial charge on any atom is 0.316 e. The van der Waals surface area contributed by atoms with Crippen molar-refractivity contribution in [1.82, 2.24) is 24.2 Å². The number of likely N-dealkylation sites (tertiary alicyclic amines) is 1. The number of thioether (sulfide) groups is 1. The van der Waals surface area contributed by atoms with Crippen LogP contribution in [0.2, 0.25) is 0 Å². The summed E-state index contributed by atoms with van der Waals surface area (Å²) >= 11 is 3.22. The smallest absolute Gasteiger partial charge is 0.316 e. The molecule has 1 aromatic carbocycles. The maximum absolute atomic E-state index is 12.9. The van der Waals surface area contributed by atoms with Gasteiger partial charge in [0, 0.05) is 36.0 Å². The Morgan fingerprint density at radius 3 is 2.58 bits per heavy atom. The van der Waals surface area contributed by atoms with Gasteiger partial charge in [-0.2, -0.15) is 4.98 Å². The Morgan fingerprint density at radius 2 is 1.95 bits per heavy atom. The first-order chi connectivity index (χ1) is 18.2. The van der Waals surface area contributed by atoms with Gasteiger partial charge >= 0.3 is 11.8 Å². The van der Waals surface area contributed by atoms with Gasteiger partial charge in [-0.25, -0.2) is 4.31 Å². The molecule has 2 aromatic rings. The third-order valence-electron chi connectivity index (χ3n) is 6.60. The summed E-state index contributed by atoms with van der Waals surface area (Å²) in [5, 5.41) is 12.3. The van der Waals surface area contributed by atoms with E-state index in [1.807, 2.05) is 12.1 Å². The number of amides is 1. The zero-order valence-electron chi connectivity index (χ0n) is 22.8. The molecule has 1 aliphatic heterocycles. The predicted octanol–water partition coefficient (Wildman–Crippen LogP) is 4.80. The van der Waals surface area contributed by atoms with Crippen LogP contribution in [0.4, 0.5) is 0 Å². The van der Waals surface area contributed by atoms with Crippen molar-refractivity contribution in [2.75, 3.05) is 46.1 Å². The van der Waals surface area contributed by atoms with E-state index in [0.717, 1.165) is 47.7 Å². The number of likely N-dealkylation sites (N-methyl/N-ethyl adjacent to an activating group) is 1. The number of aryl methyl sites for hydroxylation is 2. The molecule has 2 aliphatic rings. The molecule has 2 fully saturated rings. The van der Waals surface area contributed by atoms with E-state index in [-0.39, 0.29) is 11.8 Å². The van der Waals surface area contributed by atoms with E-state index in [9.17, 15) is 4.79 Å². The summed E-state index contributed by atoms with van der Waals surface area (Å²) in [6, 6.07) is 4.54. The molecule has 0 spiro atoms. The van der Waals surface area contributed by atoms with E-state index in [2.05, 4.69) is 39.8 Å². The van der Waals surface area contributed by atoms with Crippen LogP contribution in [0.3, 0.4) is 0 Å². The van der Waals surface area contributed by atoms with E-state index in [1.165, 1.54) is 34.4 Å². The number of aromatic nitrogens is 2. The Kier molecular flexibility index (Phi) is 9.91. The van der Waals surface area contributed by atoms with Gasteiger partial charge in [-0.3, -0.25) is 9.69 Å². The average Bonchev–Trinajstić information content (AvgIpc) is 3.41. The minimum atomic E-state index is -0.329. The third kappa shape index (κ3) is 7.84. The molecule has 1 saturated heterocycles. The summed E-state index contributed by atoms with van der Waals surface area (Å²) < 4.78 is 13.0. The van der Waals surface area contributed by atoms with Gasteiger partial charge in [-0.05, 0) is 92.7 Å². The minimum absolute atomic E-state index is 0.0142. The monoisotopic (exact) mass is 558 g/mol. The lowest BCUT2D eigenvalue weighted by Crippen LogP contribution is -2.29. The quantitative estimate of drug-likeness (QED) is 0.259. The zero-order chi connectivity index (χ0) is 27.2. The molecular formula is C27H38N6O3S2. The highest BCUT2D eigenvalue weighted by atomic mass is 32.2. The van der Waals surface area contributed by atoms with Crippen molar-refractivity contribution < 1.29 is 14.1 Å². The number of rotatable bonds is 14. The molecule has 0 bridgehead atoms. The van der Waals surface area contributed by atoms with Crippen LogP contribution in [0.25, 0.3) is 0 Å². The fourth-order valence-electron chi connectivity index (χ4n) is 4.42. The second-order valence-corrected chi connectivity index (χ2v) is 12.3. The van der Waals surface area contributed by atoms with Gasteiger partial charge in [0.15, 0.2) is 5.82 Å². The van der Waals surface area contributed by atoms with Gasteiger partial charge in [0.1, 0.15) is 5.75 Å². The van der Waals surface area contributed by atoms with Crippen LogP contribution in [0.1, 0.15) is 53.3 Å². The Hall–Kier alpha value is -2.34. The highest BCUT2D eigenvalue weighted by molar-refractivity contribution is 8.03. The minimum Gasteiger partial charge on any atom is -0.497 e. The molecule has 0 atom stereocenters. The number of ether oxygens (including phenoxy) is 1. The normalized spacial score (nSPS) is 15.7. The third-order valence-corrected chi connectivity index (χ3v) is 9.12. The lowest BCUT2D eigenvalue weighted by atomic mass is 10.1. The number of carbonyl (C=O) groups is 1. The highest BCUT2D eigenvalue weighted by Crippen LogP contribution is 2.40. The molecule has 1 saturated carbocycles. The van der Waals surface area contributed by atoms with E-state index in [4.69, 9.17) is 14.7 Å². The van der Waals surface area contributed by atoms with Crippen molar-refractivity contribution in [3.05, 3.63) is 46.5 Å². The van der Waals surface area contributed by atoms with Crippen LogP contribution in [0.15, 0.2) is 33.0 Å². The Morgan fingerprint density at radius 1 is 1.26 bits per heavy atom. The molecule has 9 nitrogen and oxygen atoms in total. The topological polar surface area (TPSA) is 98.8 Å². The molecule has 4 rings (SSSR count). The largest absolute Gasteiger partial charge is 0.497 e. The van der Waals surface area contributed by atoms with Crippen molar-refractivity contribution in [1.29, 1.82) is 5.41 Å². The van der Waals surface area contributed by atoms with Gasteiger partial charge in [0.05, 0.1) is 20.2 Å². The summed E-state index contributed by atoms with van der Waals surface area (Å²) in [4.78, 5) is 23.2. The number of benzene rings is 1. The summed E-state index contributed by atoms with van der Waals surface area (Å²) in [6.45, 7) is 12.0. The van der Waals surface area contributed by atoms with Crippen molar-refractivity contribution in [2.45, 2.75) is 57.0 Å². The van der Waals surface area contributed by atoms with Crippen LogP contribution < -0.4 is 4.74 Å². The molecular weight excluding hydrogens is 520 g/mol. The van der Waals surface area contributed by atoms with Gasteiger partial charge in [0.25, 0.3) is 0 Å². The van der Waals surface area contributed by atoms with Crippen LogP contribution in [0.5, 0.6) is 5.75 Å². The number of nitrogens with zero attached hydrogens (tertiary/aromatic N) is 5. The fourth-order valence-corrected chi connectivity index (χ4v) is 6.36. The predicted molar refractivity (Wildman–Crippen MR) is 153 cm³/mol. The van der Waals surface area contributed by atoms with Crippen LogP contribution in [-0.2, 0) is 6.54 Å². The maximum atomic E-state index is 12.9. The summed E-state index contributed by atoms with van der Waals surface area (Å²) in [6.07, 6.45) is 4.69. The standard InChI is InChI=1S/C27H38N6O3S2/c1-18-12-23(35-5)13-19(2)25(18)38-33(22-8-9-22)16-24-29-26(36-30-24)27(34)31(4)14-20(3)37-17-21(28)15-32-10-6-7-11-32/h12-13,22,28H,3,6-11,14-17H2,1-2,4-5H3. The van der Waals surface area contributed by atoms with Crippen molar-refractivity contribution >= 4 is 35.3 Å². The molecule has 0 radical (unpaired) electrons. The first-order valence-corrected chi connectivity index (χ1v) is 14.8. The molecule has 206 valence electrons. The van der Waals surface area contributed by atoms with Gasteiger partial charge in [-0.1, -0.05) is 11.7 Å². The van der Waals surface area contributed by atoms with Crippen molar-refractivity contribution in [2.24, 2.45) is 0 Å². The second-order valence-electron chi connectivity index (χ2n) is 10.1. The molecule has 11 heteroatoms. The summed E-state index contributed by atoms with van der Waals surface area (Å²) in [7, 11) is 3.39. The average molecular weight is 559 g/mol. The Labute approximate surface area is 234 Å². The molecule has 1 amide bonds. The molecule has 38 heavy (non-hydrogen) atoms. The highest BCUT2D eigenvalue weighted by Gasteiger charge is 2.32. The molecule has 2 heterocycles. The zero-order valence-corrected chi connectivity index (χ0v) is 24.4. The first kappa shape index (κ1) is 28.7. The fraction of sp³-hybridized carbons (Fsp3) is 0.556. The number of nitrogens with one attached hydrogen (secondary N) is 1. The molecule has 0 unspecified atom stereocenters. The summed E-state index contributed by atoms with van der Waals surface area (Å²) in [5.41, 5.74) is 3.01. The van der Waals surface area contributed by atoms with E-state index in [1.54, 1.807) is 26.1 Å². The number of hydrogen-bond donors (Lipinski definition) is 1. The number of carbonyl (C=O) groups excluding carboxylic acids is 1. The van der Waals surface area contributed by atoms with E-state index < -0.39 is 0 Å². The van der Waals surface area contributed by atoms with E-state index >= 15 is 0 Å². The lowest BCUT2D eigenvalue weighted by Gasteiger charge is -2.21. The van der Waals surface area contributed by atoms with Gasteiger partial charge in [-0.15, -0.1) is 11.8 Å². The van der Waals surface area contributed by atoms with Crippen LogP contribution >= 0.6 is 23.7 Å². The Balaban J connectivity index is 1.29. The first-order valence-electron chi connectivity index (χ1n) is 13.0. The molecule has 1 aromatic heterocycles. The second kappa shape index (κ2) is 13.1. The van der Waals surface area contributed by atoms with Crippen LogP contribution in [-0.4, -0.2) is 88.0 Å². The van der Waals surface area contributed by atoms with Gasteiger partial charge < -0.3 is 19.6 Å². The van der Waals surface area contributed by atoms with Crippen LogP contribution in [0, 0.1) is 19.3 Å². The number of hydrogen-bond acceptors (Lipinski definition) is 10. The van der Waals surface area contributed by atoms with Gasteiger partial charge in [0.2, 0.25) is 0 Å². The number of methoxy groups -OCH3 is 1. The lowest BCUT2D eigenvalue weighted by molar-refractivity contribution is 0.0760. The summed E-state index contributed by atoms with van der Waals surface area (Å²) in [5.74, 6) is 1.59. The molecule has 1 aliphatic carbocycles. The Bertz CT molecular complexity index is 1140. The van der Waals surface area contributed by atoms with Crippen molar-refractivity contribution in [3.8, 4) is 5.75 Å². The SMILES string of the molecule is C=C(CN(C)C(=O)c1nc(CN(Sc2c(C)cc(OC)cc2C)C2CC2)no1)SCC(=N)CN1CCCC1. The molecule has 1 N–H and O–H groups in total. The van der Waals surface area contributed by atoms with Crippen molar-refractivity contribution in [3.63, 3.8) is 0 Å². The van der Waals surface area contributed by atoms with E-state index in [0.29, 0.717) is 43.0 Å².